The van der Waals surface area contributed by atoms with Crippen molar-refractivity contribution < 1.29 is 14.1 Å². The van der Waals surface area contributed by atoms with Crippen molar-refractivity contribution in [2.45, 2.75) is 32.6 Å². The number of quaternary nitrogens is 1. The highest BCUT2D eigenvalue weighted by atomic mass is 19.1. The lowest BCUT2D eigenvalue weighted by atomic mass is 10.1. The summed E-state index contributed by atoms with van der Waals surface area (Å²) in [5.41, 5.74) is 3.33. The highest BCUT2D eigenvalue weighted by Crippen LogP contribution is 2.42. The predicted molar refractivity (Wildman–Crippen MR) is 97.4 cm³/mol. The van der Waals surface area contributed by atoms with E-state index >= 15 is 0 Å². The zero-order valence-corrected chi connectivity index (χ0v) is 15.5. The van der Waals surface area contributed by atoms with Crippen molar-refractivity contribution in [1.29, 1.82) is 0 Å². The molecule has 2 fully saturated rings. The standard InChI is InChI=1S/C20H25FN4O/c1-3-23-10-12-24(13-11-23)20(26)18-14(2)25(22-19(18)15-4-5-15)17-8-6-16(21)7-9-17/h6-9,15H,3-5,10-13H2,1-2H3/p+1. The molecule has 2 heterocycles. The van der Waals surface area contributed by atoms with Gasteiger partial charge in [-0.15, -0.1) is 0 Å². The minimum atomic E-state index is -0.270. The van der Waals surface area contributed by atoms with Crippen LogP contribution in [-0.2, 0) is 0 Å². The maximum atomic E-state index is 13.3. The molecule has 1 aromatic heterocycles. The van der Waals surface area contributed by atoms with Gasteiger partial charge >= 0.3 is 0 Å². The molecule has 2 aromatic rings. The largest absolute Gasteiger partial charge is 0.332 e. The van der Waals surface area contributed by atoms with E-state index in [1.165, 1.54) is 12.1 Å². The summed E-state index contributed by atoms with van der Waals surface area (Å²) in [4.78, 5) is 16.8. The van der Waals surface area contributed by atoms with Crippen molar-refractivity contribution in [2.24, 2.45) is 0 Å². The summed E-state index contributed by atoms with van der Waals surface area (Å²) in [5, 5.41) is 4.76. The number of hydrogen-bond acceptors (Lipinski definition) is 2. The van der Waals surface area contributed by atoms with Gasteiger partial charge in [0, 0.05) is 5.92 Å². The molecule has 1 saturated heterocycles. The first-order chi connectivity index (χ1) is 12.6. The summed E-state index contributed by atoms with van der Waals surface area (Å²) in [5.74, 6) is 0.221. The second-order valence-corrected chi connectivity index (χ2v) is 7.40. The highest BCUT2D eigenvalue weighted by Gasteiger charge is 2.36. The lowest BCUT2D eigenvalue weighted by Gasteiger charge is -2.31. The van der Waals surface area contributed by atoms with Crippen LogP contribution in [0.5, 0.6) is 0 Å². The molecule has 138 valence electrons. The van der Waals surface area contributed by atoms with Gasteiger partial charge in [-0.25, -0.2) is 9.07 Å². The molecule has 6 heteroatoms. The van der Waals surface area contributed by atoms with Crippen molar-refractivity contribution in [1.82, 2.24) is 14.7 Å². The first kappa shape index (κ1) is 17.2. The molecule has 1 aliphatic carbocycles. The van der Waals surface area contributed by atoms with Crippen LogP contribution in [-0.4, -0.2) is 53.3 Å². The topological polar surface area (TPSA) is 42.6 Å². The lowest BCUT2D eigenvalue weighted by Crippen LogP contribution is -3.14. The van der Waals surface area contributed by atoms with E-state index < -0.39 is 0 Å². The molecule has 1 N–H and O–H groups in total. The average molecular weight is 357 g/mol. The van der Waals surface area contributed by atoms with Gasteiger partial charge in [0.25, 0.3) is 5.91 Å². The Labute approximate surface area is 153 Å². The number of likely N-dealkylation sites (N-methyl/N-ethyl adjacent to an activating group) is 1. The Balaban J connectivity index is 1.67. The molecule has 0 radical (unpaired) electrons. The van der Waals surface area contributed by atoms with E-state index in [1.54, 1.807) is 21.7 Å². The summed E-state index contributed by atoms with van der Waals surface area (Å²) in [6.45, 7) is 8.85. The number of amides is 1. The number of aromatic nitrogens is 2. The third kappa shape index (κ3) is 3.14. The monoisotopic (exact) mass is 357 g/mol. The fraction of sp³-hybridized carbons (Fsp3) is 0.500. The summed E-state index contributed by atoms with van der Waals surface area (Å²) in [6, 6.07) is 6.29. The van der Waals surface area contributed by atoms with E-state index in [0.717, 1.165) is 68.2 Å². The fourth-order valence-electron chi connectivity index (χ4n) is 3.80. The van der Waals surface area contributed by atoms with Crippen molar-refractivity contribution in [2.75, 3.05) is 32.7 Å². The van der Waals surface area contributed by atoms with Crippen LogP contribution in [0.15, 0.2) is 24.3 Å². The first-order valence-corrected chi connectivity index (χ1v) is 9.56. The van der Waals surface area contributed by atoms with Crippen LogP contribution < -0.4 is 4.90 Å². The molecule has 1 aliphatic heterocycles. The van der Waals surface area contributed by atoms with Crippen LogP contribution in [0.3, 0.4) is 0 Å². The van der Waals surface area contributed by atoms with Gasteiger partial charge in [0.15, 0.2) is 0 Å². The highest BCUT2D eigenvalue weighted by molar-refractivity contribution is 5.97. The molecule has 5 nitrogen and oxygen atoms in total. The Morgan fingerprint density at radius 1 is 1.23 bits per heavy atom. The van der Waals surface area contributed by atoms with Crippen LogP contribution >= 0.6 is 0 Å². The molecule has 4 rings (SSSR count). The number of carbonyl (C=O) groups is 1. The second-order valence-electron chi connectivity index (χ2n) is 7.40. The van der Waals surface area contributed by atoms with Crippen LogP contribution in [0, 0.1) is 12.7 Å². The number of rotatable bonds is 4. The summed E-state index contributed by atoms with van der Waals surface area (Å²) >= 11 is 0. The van der Waals surface area contributed by atoms with Gasteiger partial charge < -0.3 is 9.80 Å². The molecule has 26 heavy (non-hydrogen) atoms. The SMILES string of the molecule is CC[NH+]1CCN(C(=O)c2c(C3CC3)nn(-c3ccc(F)cc3)c2C)CC1. The van der Waals surface area contributed by atoms with E-state index in [9.17, 15) is 9.18 Å². The van der Waals surface area contributed by atoms with E-state index in [0.29, 0.717) is 5.92 Å². The Morgan fingerprint density at radius 3 is 2.46 bits per heavy atom. The van der Waals surface area contributed by atoms with Gasteiger partial charge in [0.05, 0.1) is 55.4 Å². The van der Waals surface area contributed by atoms with Crippen LogP contribution in [0.2, 0.25) is 0 Å². The fourth-order valence-corrected chi connectivity index (χ4v) is 3.80. The third-order valence-corrected chi connectivity index (χ3v) is 5.65. The maximum absolute atomic E-state index is 13.3. The van der Waals surface area contributed by atoms with Crippen molar-refractivity contribution in [3.05, 3.63) is 47.0 Å². The van der Waals surface area contributed by atoms with E-state index in [4.69, 9.17) is 5.10 Å². The van der Waals surface area contributed by atoms with Crippen molar-refractivity contribution >= 4 is 5.91 Å². The molecular weight excluding hydrogens is 331 g/mol. The zero-order valence-electron chi connectivity index (χ0n) is 15.5. The quantitative estimate of drug-likeness (QED) is 0.902. The molecular formula is C20H26FN4O+. The molecule has 0 bridgehead atoms. The van der Waals surface area contributed by atoms with Gasteiger partial charge in [-0.3, -0.25) is 4.79 Å². The predicted octanol–water partition coefficient (Wildman–Crippen LogP) is 1.56. The Bertz CT molecular complexity index is 802. The number of carbonyl (C=O) groups excluding carboxylic acids is 1. The molecule has 1 saturated carbocycles. The minimum absolute atomic E-state index is 0.105. The first-order valence-electron chi connectivity index (χ1n) is 9.56. The lowest BCUT2D eigenvalue weighted by molar-refractivity contribution is -0.902. The van der Waals surface area contributed by atoms with Gasteiger partial charge in [-0.05, 0) is 51.0 Å². The van der Waals surface area contributed by atoms with Crippen LogP contribution in [0.25, 0.3) is 5.69 Å². The molecule has 0 atom stereocenters. The molecule has 1 amide bonds. The van der Waals surface area contributed by atoms with Gasteiger partial charge in [0.1, 0.15) is 5.82 Å². The second kappa shape index (κ2) is 6.83. The summed E-state index contributed by atoms with van der Waals surface area (Å²) in [7, 11) is 0. The average Bonchev–Trinajstić information content (AvgIpc) is 3.45. The summed E-state index contributed by atoms with van der Waals surface area (Å²) < 4.78 is 15.1. The van der Waals surface area contributed by atoms with Gasteiger partial charge in [-0.1, -0.05) is 0 Å². The van der Waals surface area contributed by atoms with Crippen molar-refractivity contribution in [3.8, 4) is 5.69 Å². The van der Waals surface area contributed by atoms with Crippen molar-refractivity contribution in [3.63, 3.8) is 0 Å². The Morgan fingerprint density at radius 2 is 1.88 bits per heavy atom. The maximum Gasteiger partial charge on any atom is 0.258 e. The molecule has 0 spiro atoms. The molecule has 0 unspecified atom stereocenters. The Kier molecular flexibility index (Phi) is 4.53. The van der Waals surface area contributed by atoms with E-state index in [-0.39, 0.29) is 11.7 Å². The number of halogens is 1. The number of nitrogens with zero attached hydrogens (tertiary/aromatic N) is 3. The Hall–Kier alpha value is -2.21. The smallest absolute Gasteiger partial charge is 0.258 e. The number of piperazine rings is 1. The van der Waals surface area contributed by atoms with Gasteiger partial charge in [-0.2, -0.15) is 5.10 Å². The number of benzene rings is 1. The molecule has 1 aromatic carbocycles. The van der Waals surface area contributed by atoms with Gasteiger partial charge in [0.2, 0.25) is 0 Å². The zero-order chi connectivity index (χ0) is 18.3. The molecule has 2 aliphatic rings. The van der Waals surface area contributed by atoms with Crippen LogP contribution in [0.1, 0.15) is 47.4 Å². The van der Waals surface area contributed by atoms with E-state index in [1.807, 2.05) is 11.8 Å². The number of hydrogen-bond donors (Lipinski definition) is 1. The minimum Gasteiger partial charge on any atom is -0.332 e. The van der Waals surface area contributed by atoms with E-state index in [2.05, 4.69) is 6.92 Å². The van der Waals surface area contributed by atoms with Crippen LogP contribution in [0.4, 0.5) is 4.39 Å². The third-order valence-electron chi connectivity index (χ3n) is 5.65. The normalized spacial score (nSPS) is 18.3. The number of nitrogens with one attached hydrogen (secondary N) is 1. The summed E-state index contributed by atoms with van der Waals surface area (Å²) in [6.07, 6.45) is 2.18.